The van der Waals surface area contributed by atoms with Gasteiger partial charge in [0, 0.05) is 13.5 Å². The molecule has 0 aromatic heterocycles. The van der Waals surface area contributed by atoms with Crippen molar-refractivity contribution in [1.82, 2.24) is 0 Å². The van der Waals surface area contributed by atoms with E-state index in [0.29, 0.717) is 17.9 Å². The van der Waals surface area contributed by atoms with Gasteiger partial charge in [-0.05, 0) is 31.1 Å². The molecule has 0 spiro atoms. The van der Waals surface area contributed by atoms with Gasteiger partial charge in [-0.2, -0.15) is 0 Å². The largest absolute Gasteiger partial charge is 0.356 e. The lowest BCUT2D eigenvalue weighted by Gasteiger charge is -2.17. The lowest BCUT2D eigenvalue weighted by atomic mass is 9.95. The van der Waals surface area contributed by atoms with Crippen LogP contribution in [0.25, 0.3) is 0 Å². The number of allylic oxidation sites excluding steroid dienone is 1. The minimum atomic E-state index is 0.0450. The molecule has 2 fully saturated rings. The third kappa shape index (κ3) is 1.86. The molecule has 1 saturated heterocycles. The maximum atomic E-state index is 5.85. The zero-order chi connectivity index (χ0) is 10.1. The van der Waals surface area contributed by atoms with Gasteiger partial charge < -0.3 is 9.47 Å². The standard InChI is InChI=1S/C12H20O2/c1-8-4-5-10-7-12(13-3)14-11(10)6-9(8)2/h9-12H,1,4-7H2,2-3H3/t9-,10+,11+,12?/m0/s1. The number of rotatable bonds is 1. The van der Waals surface area contributed by atoms with E-state index in [9.17, 15) is 0 Å². The van der Waals surface area contributed by atoms with Crippen molar-refractivity contribution in [2.75, 3.05) is 7.11 Å². The number of methoxy groups -OCH3 is 1. The Morgan fingerprint density at radius 2 is 2.21 bits per heavy atom. The Balaban J connectivity index is 2.01. The van der Waals surface area contributed by atoms with Gasteiger partial charge in [0.05, 0.1) is 6.10 Å². The van der Waals surface area contributed by atoms with E-state index in [1.807, 2.05) is 0 Å². The third-order valence-electron chi connectivity index (χ3n) is 3.73. The topological polar surface area (TPSA) is 18.5 Å². The summed E-state index contributed by atoms with van der Waals surface area (Å²) in [6.07, 6.45) is 5.05. The van der Waals surface area contributed by atoms with Crippen LogP contribution in [-0.4, -0.2) is 19.5 Å². The minimum absolute atomic E-state index is 0.0450. The van der Waals surface area contributed by atoms with Gasteiger partial charge >= 0.3 is 0 Å². The first-order chi connectivity index (χ1) is 6.70. The van der Waals surface area contributed by atoms with E-state index in [1.54, 1.807) is 7.11 Å². The highest BCUT2D eigenvalue weighted by atomic mass is 16.7. The number of fused-ring (bicyclic) bond motifs is 1. The molecule has 1 heterocycles. The van der Waals surface area contributed by atoms with Gasteiger partial charge in [0.2, 0.25) is 0 Å². The average molecular weight is 196 g/mol. The molecule has 2 aliphatic rings. The first kappa shape index (κ1) is 10.2. The highest BCUT2D eigenvalue weighted by molar-refractivity contribution is 5.04. The van der Waals surface area contributed by atoms with Crippen molar-refractivity contribution in [3.63, 3.8) is 0 Å². The highest BCUT2D eigenvalue weighted by Crippen LogP contribution is 2.39. The SMILES string of the molecule is C=C1CC[C@@H]2CC(OC)O[C@@H]2C[C@@H]1C. The van der Waals surface area contributed by atoms with Crippen molar-refractivity contribution >= 4 is 0 Å². The molecule has 2 rings (SSSR count). The summed E-state index contributed by atoms with van der Waals surface area (Å²) in [6.45, 7) is 6.39. The lowest BCUT2D eigenvalue weighted by Crippen LogP contribution is -2.17. The van der Waals surface area contributed by atoms with E-state index in [1.165, 1.54) is 18.4 Å². The lowest BCUT2D eigenvalue weighted by molar-refractivity contribution is -0.118. The van der Waals surface area contributed by atoms with Gasteiger partial charge in [-0.1, -0.05) is 19.1 Å². The van der Waals surface area contributed by atoms with Gasteiger partial charge in [0.25, 0.3) is 0 Å². The Bertz CT molecular complexity index is 224. The quantitative estimate of drug-likeness (QED) is 0.600. The average Bonchev–Trinajstić information content (AvgIpc) is 2.51. The fourth-order valence-corrected chi connectivity index (χ4v) is 2.60. The van der Waals surface area contributed by atoms with Crippen molar-refractivity contribution in [1.29, 1.82) is 0 Å². The maximum absolute atomic E-state index is 5.85. The van der Waals surface area contributed by atoms with E-state index >= 15 is 0 Å². The minimum Gasteiger partial charge on any atom is -0.356 e. The Hall–Kier alpha value is -0.340. The fraction of sp³-hybridized carbons (Fsp3) is 0.833. The molecule has 14 heavy (non-hydrogen) atoms. The summed E-state index contributed by atoms with van der Waals surface area (Å²) in [4.78, 5) is 0. The molecule has 4 atom stereocenters. The smallest absolute Gasteiger partial charge is 0.157 e. The van der Waals surface area contributed by atoms with Gasteiger partial charge in [0.1, 0.15) is 0 Å². The van der Waals surface area contributed by atoms with Crippen LogP contribution in [0.15, 0.2) is 12.2 Å². The predicted octanol–water partition coefficient (Wildman–Crippen LogP) is 2.74. The molecule has 0 bridgehead atoms. The zero-order valence-electron chi connectivity index (χ0n) is 9.16. The van der Waals surface area contributed by atoms with Crippen molar-refractivity contribution in [2.45, 2.75) is 45.0 Å². The molecule has 0 amide bonds. The Labute approximate surface area is 86.3 Å². The van der Waals surface area contributed by atoms with E-state index in [4.69, 9.17) is 9.47 Å². The molecule has 0 N–H and O–H groups in total. The van der Waals surface area contributed by atoms with Crippen molar-refractivity contribution in [3.8, 4) is 0 Å². The summed E-state index contributed by atoms with van der Waals surface area (Å²) in [5.74, 6) is 1.31. The van der Waals surface area contributed by atoms with Gasteiger partial charge in [-0.3, -0.25) is 0 Å². The molecule has 1 aliphatic heterocycles. The van der Waals surface area contributed by atoms with Gasteiger partial charge in [-0.15, -0.1) is 0 Å². The molecule has 1 aliphatic carbocycles. The number of ether oxygens (including phenoxy) is 2. The monoisotopic (exact) mass is 196 g/mol. The van der Waals surface area contributed by atoms with E-state index < -0.39 is 0 Å². The summed E-state index contributed by atoms with van der Waals surface area (Å²) < 4.78 is 11.1. The van der Waals surface area contributed by atoms with Crippen LogP contribution in [-0.2, 0) is 9.47 Å². The van der Waals surface area contributed by atoms with Crippen molar-refractivity contribution in [2.24, 2.45) is 11.8 Å². The van der Waals surface area contributed by atoms with Crippen LogP contribution in [0.2, 0.25) is 0 Å². The van der Waals surface area contributed by atoms with Crippen LogP contribution >= 0.6 is 0 Å². The number of hydrogen-bond donors (Lipinski definition) is 0. The van der Waals surface area contributed by atoms with Gasteiger partial charge in [0.15, 0.2) is 6.29 Å². The van der Waals surface area contributed by atoms with E-state index in [2.05, 4.69) is 13.5 Å². The molecule has 1 unspecified atom stereocenters. The van der Waals surface area contributed by atoms with Crippen LogP contribution in [0.4, 0.5) is 0 Å². The normalized spacial score (nSPS) is 43.4. The second-order valence-corrected chi connectivity index (χ2v) is 4.67. The molecule has 80 valence electrons. The fourth-order valence-electron chi connectivity index (χ4n) is 2.60. The highest BCUT2D eigenvalue weighted by Gasteiger charge is 2.37. The van der Waals surface area contributed by atoms with Crippen LogP contribution in [0.3, 0.4) is 0 Å². The second kappa shape index (κ2) is 4.03. The summed E-state index contributed by atoms with van der Waals surface area (Å²) in [5, 5.41) is 0. The zero-order valence-corrected chi connectivity index (χ0v) is 9.16. The predicted molar refractivity (Wildman–Crippen MR) is 55.9 cm³/mol. The second-order valence-electron chi connectivity index (χ2n) is 4.67. The summed E-state index contributed by atoms with van der Waals surface area (Å²) >= 11 is 0. The Morgan fingerprint density at radius 1 is 1.43 bits per heavy atom. The summed E-state index contributed by atoms with van der Waals surface area (Å²) in [7, 11) is 1.73. The first-order valence-corrected chi connectivity index (χ1v) is 5.56. The van der Waals surface area contributed by atoms with Crippen LogP contribution in [0, 0.1) is 11.8 Å². The first-order valence-electron chi connectivity index (χ1n) is 5.56. The molecule has 2 nitrogen and oxygen atoms in total. The van der Waals surface area contributed by atoms with Gasteiger partial charge in [-0.25, -0.2) is 0 Å². The Kier molecular flexibility index (Phi) is 2.93. The maximum Gasteiger partial charge on any atom is 0.157 e. The Morgan fingerprint density at radius 3 is 2.93 bits per heavy atom. The molecule has 0 aromatic rings. The molecule has 0 radical (unpaired) electrons. The molecule has 1 saturated carbocycles. The molecule has 0 aromatic carbocycles. The third-order valence-corrected chi connectivity index (χ3v) is 3.73. The van der Waals surface area contributed by atoms with Crippen LogP contribution in [0.1, 0.15) is 32.6 Å². The van der Waals surface area contributed by atoms with Crippen LogP contribution in [0.5, 0.6) is 0 Å². The summed E-state index contributed by atoms with van der Waals surface area (Å²) in [6, 6.07) is 0. The van der Waals surface area contributed by atoms with Crippen molar-refractivity contribution in [3.05, 3.63) is 12.2 Å². The van der Waals surface area contributed by atoms with E-state index in [0.717, 1.165) is 12.8 Å². The van der Waals surface area contributed by atoms with Crippen molar-refractivity contribution < 1.29 is 9.47 Å². The van der Waals surface area contributed by atoms with Crippen LogP contribution < -0.4 is 0 Å². The summed E-state index contributed by atoms with van der Waals surface area (Å²) in [5.41, 5.74) is 1.40. The molecular weight excluding hydrogens is 176 g/mol. The van der Waals surface area contributed by atoms with E-state index in [-0.39, 0.29) is 6.29 Å². The number of hydrogen-bond acceptors (Lipinski definition) is 2. The molecule has 2 heteroatoms. The molecular formula is C12H20O2.